The Morgan fingerprint density at radius 1 is 1.13 bits per heavy atom. The van der Waals surface area contributed by atoms with Crippen molar-refractivity contribution in [3.63, 3.8) is 0 Å². The van der Waals surface area contributed by atoms with Crippen molar-refractivity contribution in [2.45, 2.75) is 75.8 Å². The van der Waals surface area contributed by atoms with Gasteiger partial charge in [0.15, 0.2) is 0 Å². The monoisotopic (exact) mass is 444 g/mol. The molecule has 0 radical (unpaired) electrons. The fraction of sp³-hybridized carbons (Fsp3) is 0.565. The molecule has 1 N–H and O–H groups in total. The second-order valence-corrected chi connectivity index (χ2v) is 10.8. The summed E-state index contributed by atoms with van der Waals surface area (Å²) in [7, 11) is -3.45. The minimum absolute atomic E-state index is 0.0279. The van der Waals surface area contributed by atoms with E-state index in [0.717, 1.165) is 49.8 Å². The Labute approximate surface area is 184 Å². The van der Waals surface area contributed by atoms with Crippen LogP contribution in [0.25, 0.3) is 0 Å². The van der Waals surface area contributed by atoms with Gasteiger partial charge in [0.05, 0.1) is 29.2 Å². The molecule has 0 spiro atoms. The summed E-state index contributed by atoms with van der Waals surface area (Å²) in [6, 6.07) is 6.97. The van der Waals surface area contributed by atoms with E-state index < -0.39 is 10.0 Å². The van der Waals surface area contributed by atoms with Crippen LogP contribution in [0.15, 0.2) is 35.4 Å². The molecule has 1 saturated heterocycles. The van der Waals surface area contributed by atoms with Crippen molar-refractivity contribution in [2.24, 2.45) is 0 Å². The summed E-state index contributed by atoms with van der Waals surface area (Å²) in [6.07, 6.45) is 8.00. The molecule has 1 unspecified atom stereocenters. The maximum Gasteiger partial charge on any atom is 0.243 e. The van der Waals surface area contributed by atoms with E-state index in [9.17, 15) is 13.2 Å². The van der Waals surface area contributed by atoms with Crippen LogP contribution in [0.4, 0.5) is 0 Å². The summed E-state index contributed by atoms with van der Waals surface area (Å²) >= 11 is 0. The predicted molar refractivity (Wildman–Crippen MR) is 119 cm³/mol. The first kappa shape index (κ1) is 22.0. The molecule has 1 aliphatic carbocycles. The third-order valence-electron chi connectivity index (χ3n) is 6.25. The summed E-state index contributed by atoms with van der Waals surface area (Å²) in [6.45, 7) is 5.37. The number of benzene rings is 1. The fourth-order valence-electron chi connectivity index (χ4n) is 4.63. The van der Waals surface area contributed by atoms with Crippen LogP contribution < -0.4 is 5.32 Å². The Balaban J connectivity index is 1.42. The second-order valence-electron chi connectivity index (χ2n) is 8.89. The zero-order chi connectivity index (χ0) is 22.0. The van der Waals surface area contributed by atoms with Gasteiger partial charge in [-0.1, -0.05) is 18.6 Å². The maximum absolute atomic E-state index is 12.8. The van der Waals surface area contributed by atoms with E-state index in [0.29, 0.717) is 18.0 Å². The molecule has 1 atom stereocenters. The lowest BCUT2D eigenvalue weighted by molar-refractivity contribution is -0.121. The van der Waals surface area contributed by atoms with E-state index in [2.05, 4.69) is 24.3 Å². The lowest BCUT2D eigenvalue weighted by atomic mass is 9.93. The standard InChI is InChI=1S/C23H32N4O3S/c1-17(2)27-23-19(16-24-27)7-6-8-21(23)25-22(28)15-18-9-11-20(12-10-18)31(29,30)26-13-4-3-5-14-26/h9-12,16-17,21H,3-8,13-15H2,1-2H3,(H,25,28). The molecule has 168 valence electrons. The summed E-state index contributed by atoms with van der Waals surface area (Å²) in [5, 5.41) is 7.69. The van der Waals surface area contributed by atoms with Crippen molar-refractivity contribution < 1.29 is 13.2 Å². The van der Waals surface area contributed by atoms with Crippen molar-refractivity contribution in [3.8, 4) is 0 Å². The zero-order valence-electron chi connectivity index (χ0n) is 18.4. The van der Waals surface area contributed by atoms with Gasteiger partial charge in [-0.05, 0) is 69.2 Å². The lowest BCUT2D eigenvalue weighted by Gasteiger charge is -2.26. The lowest BCUT2D eigenvalue weighted by Crippen LogP contribution is -2.35. The van der Waals surface area contributed by atoms with Gasteiger partial charge in [0, 0.05) is 19.1 Å². The van der Waals surface area contributed by atoms with Crippen LogP contribution in [0, 0.1) is 0 Å². The molecule has 0 bridgehead atoms. The largest absolute Gasteiger partial charge is 0.347 e. The van der Waals surface area contributed by atoms with Crippen LogP contribution in [0.3, 0.4) is 0 Å². The summed E-state index contributed by atoms with van der Waals surface area (Å²) in [5.74, 6) is -0.0546. The fourth-order valence-corrected chi connectivity index (χ4v) is 6.15. The zero-order valence-corrected chi connectivity index (χ0v) is 19.2. The highest BCUT2D eigenvalue weighted by molar-refractivity contribution is 7.89. The average molecular weight is 445 g/mol. The Morgan fingerprint density at radius 3 is 2.52 bits per heavy atom. The van der Waals surface area contributed by atoms with Gasteiger partial charge in [-0.2, -0.15) is 9.40 Å². The highest BCUT2D eigenvalue weighted by Crippen LogP contribution is 2.31. The molecule has 1 aromatic carbocycles. The van der Waals surface area contributed by atoms with Crippen molar-refractivity contribution in [3.05, 3.63) is 47.3 Å². The predicted octanol–water partition coefficient (Wildman–Crippen LogP) is 3.37. The molecule has 2 aromatic rings. The van der Waals surface area contributed by atoms with Crippen molar-refractivity contribution in [1.29, 1.82) is 0 Å². The number of nitrogens with one attached hydrogen (secondary N) is 1. The maximum atomic E-state index is 12.8. The van der Waals surface area contributed by atoms with Crippen LogP contribution in [-0.4, -0.2) is 41.5 Å². The number of hydrogen-bond acceptors (Lipinski definition) is 4. The van der Waals surface area contributed by atoms with Gasteiger partial charge in [0.1, 0.15) is 0 Å². The molecule has 7 nitrogen and oxygen atoms in total. The van der Waals surface area contributed by atoms with E-state index in [1.165, 1.54) is 5.56 Å². The first-order valence-corrected chi connectivity index (χ1v) is 12.7. The quantitative estimate of drug-likeness (QED) is 0.740. The topological polar surface area (TPSA) is 84.3 Å². The van der Waals surface area contributed by atoms with E-state index in [4.69, 9.17) is 0 Å². The molecule has 1 amide bonds. The van der Waals surface area contributed by atoms with E-state index in [-0.39, 0.29) is 24.4 Å². The van der Waals surface area contributed by atoms with Crippen molar-refractivity contribution in [2.75, 3.05) is 13.1 Å². The number of carbonyl (C=O) groups excluding carboxylic acids is 1. The second kappa shape index (κ2) is 9.12. The number of sulfonamides is 1. The third-order valence-corrected chi connectivity index (χ3v) is 8.16. The number of piperidine rings is 1. The van der Waals surface area contributed by atoms with Crippen LogP contribution in [0.2, 0.25) is 0 Å². The molecule has 8 heteroatoms. The van der Waals surface area contributed by atoms with Gasteiger partial charge in [-0.3, -0.25) is 9.48 Å². The number of nitrogens with zero attached hydrogens (tertiary/aromatic N) is 3. The summed E-state index contributed by atoms with van der Waals surface area (Å²) in [5.41, 5.74) is 3.15. The normalized spacial score (nSPS) is 19.9. The summed E-state index contributed by atoms with van der Waals surface area (Å²) in [4.78, 5) is 13.1. The Kier molecular flexibility index (Phi) is 6.48. The van der Waals surface area contributed by atoms with Crippen LogP contribution in [0.5, 0.6) is 0 Å². The van der Waals surface area contributed by atoms with E-state index >= 15 is 0 Å². The number of aryl methyl sites for hydroxylation is 1. The average Bonchev–Trinajstić information content (AvgIpc) is 3.20. The number of carbonyl (C=O) groups is 1. The number of fused-ring (bicyclic) bond motifs is 1. The smallest absolute Gasteiger partial charge is 0.243 e. The molecule has 0 saturated carbocycles. The molecular weight excluding hydrogens is 412 g/mol. The molecule has 1 fully saturated rings. The molecule has 2 aliphatic rings. The highest BCUT2D eigenvalue weighted by atomic mass is 32.2. The first-order chi connectivity index (χ1) is 14.9. The number of hydrogen-bond donors (Lipinski definition) is 1. The van der Waals surface area contributed by atoms with Crippen molar-refractivity contribution >= 4 is 15.9 Å². The SMILES string of the molecule is CC(C)n1ncc2c1C(NC(=O)Cc1ccc(S(=O)(=O)N3CCCCC3)cc1)CCC2. The van der Waals surface area contributed by atoms with Gasteiger partial charge >= 0.3 is 0 Å². The van der Waals surface area contributed by atoms with Gasteiger partial charge in [-0.25, -0.2) is 8.42 Å². The number of aromatic nitrogens is 2. The number of rotatable bonds is 6. The molecular formula is C23H32N4O3S. The number of amides is 1. The Hall–Kier alpha value is -2.19. The third kappa shape index (κ3) is 4.70. The van der Waals surface area contributed by atoms with Crippen LogP contribution in [0.1, 0.15) is 74.9 Å². The minimum atomic E-state index is -3.45. The first-order valence-electron chi connectivity index (χ1n) is 11.3. The molecule has 4 rings (SSSR count). The Morgan fingerprint density at radius 2 is 1.84 bits per heavy atom. The molecule has 31 heavy (non-hydrogen) atoms. The van der Waals surface area contributed by atoms with Gasteiger partial charge in [0.25, 0.3) is 0 Å². The molecule has 2 heterocycles. The van der Waals surface area contributed by atoms with Gasteiger partial charge < -0.3 is 5.32 Å². The van der Waals surface area contributed by atoms with E-state index in [1.54, 1.807) is 28.6 Å². The van der Waals surface area contributed by atoms with Gasteiger partial charge in [0.2, 0.25) is 15.9 Å². The minimum Gasteiger partial charge on any atom is -0.347 e. The van der Waals surface area contributed by atoms with Gasteiger partial charge in [-0.15, -0.1) is 0 Å². The Bertz CT molecular complexity index is 1020. The summed E-state index contributed by atoms with van der Waals surface area (Å²) < 4.78 is 29.2. The molecule has 1 aliphatic heterocycles. The highest BCUT2D eigenvalue weighted by Gasteiger charge is 2.28. The van der Waals surface area contributed by atoms with Crippen LogP contribution in [-0.2, 0) is 27.7 Å². The van der Waals surface area contributed by atoms with E-state index in [1.807, 2.05) is 10.9 Å². The molecule has 1 aromatic heterocycles. The van der Waals surface area contributed by atoms with Crippen LogP contribution >= 0.6 is 0 Å². The van der Waals surface area contributed by atoms with Crippen molar-refractivity contribution in [1.82, 2.24) is 19.4 Å².